The fourth-order valence-corrected chi connectivity index (χ4v) is 3.01. The molecule has 2 N–H and O–H groups in total. The van der Waals surface area contributed by atoms with Crippen molar-refractivity contribution in [3.05, 3.63) is 35.4 Å². The maximum atomic E-state index is 12.8. The highest BCUT2D eigenvalue weighted by Crippen LogP contribution is 2.20. The zero-order valence-electron chi connectivity index (χ0n) is 15.4. The highest BCUT2D eigenvalue weighted by molar-refractivity contribution is 5.93. The molecular formula is C17H25N7O2. The Morgan fingerprint density at radius 2 is 2.08 bits per heavy atom. The highest BCUT2D eigenvalue weighted by atomic mass is 16.3. The van der Waals surface area contributed by atoms with E-state index in [1.807, 2.05) is 29.7 Å². The van der Waals surface area contributed by atoms with Gasteiger partial charge in [-0.1, -0.05) is 0 Å². The molecule has 0 fully saturated rings. The van der Waals surface area contributed by atoms with Crippen LogP contribution in [0.4, 0.5) is 5.95 Å². The lowest BCUT2D eigenvalue weighted by Crippen LogP contribution is -2.31. The number of aliphatic hydroxyl groups excluding tert-OH is 1. The SMILES string of the molecule is CNc1ncc(C(=O)N2CCCn3nc([C@H](O)CN(C)C)cc3C2)cn1. The van der Waals surface area contributed by atoms with Crippen molar-refractivity contribution in [1.29, 1.82) is 0 Å². The molecule has 3 rings (SSSR count). The largest absolute Gasteiger partial charge is 0.385 e. The minimum Gasteiger partial charge on any atom is -0.385 e. The van der Waals surface area contributed by atoms with Gasteiger partial charge in [0.2, 0.25) is 5.95 Å². The van der Waals surface area contributed by atoms with Crippen molar-refractivity contribution in [2.24, 2.45) is 0 Å². The van der Waals surface area contributed by atoms with Crippen LogP contribution in [-0.2, 0) is 13.1 Å². The Bertz CT molecular complexity index is 757. The normalized spacial score (nSPS) is 15.5. The predicted octanol–water partition coefficient (Wildman–Crippen LogP) is 0.356. The Labute approximate surface area is 152 Å². The maximum absolute atomic E-state index is 12.8. The number of aliphatic hydroxyl groups is 1. The standard InChI is InChI=1S/C17H25N7O2/c1-18-17-19-8-12(9-20-17)16(26)23-5-4-6-24-13(10-23)7-14(21-24)15(25)11-22(2)3/h7-9,15,25H,4-6,10-11H2,1-3H3,(H,18,19,20)/t15-/m1/s1. The Balaban J connectivity index is 1.76. The number of anilines is 1. The molecule has 9 nitrogen and oxygen atoms in total. The molecule has 0 unspecified atom stereocenters. The Morgan fingerprint density at radius 3 is 2.73 bits per heavy atom. The van der Waals surface area contributed by atoms with E-state index in [9.17, 15) is 9.90 Å². The van der Waals surface area contributed by atoms with Gasteiger partial charge in [0.15, 0.2) is 0 Å². The number of rotatable bonds is 5. The lowest BCUT2D eigenvalue weighted by atomic mass is 10.2. The molecule has 9 heteroatoms. The van der Waals surface area contributed by atoms with E-state index in [4.69, 9.17) is 0 Å². The van der Waals surface area contributed by atoms with Crippen molar-refractivity contribution >= 4 is 11.9 Å². The number of nitrogens with zero attached hydrogens (tertiary/aromatic N) is 6. The Morgan fingerprint density at radius 1 is 1.35 bits per heavy atom. The van der Waals surface area contributed by atoms with Crippen LogP contribution in [-0.4, -0.2) is 74.8 Å². The molecule has 0 bridgehead atoms. The minimum atomic E-state index is -0.643. The van der Waals surface area contributed by atoms with Crippen LogP contribution >= 0.6 is 0 Å². The average molecular weight is 359 g/mol. The number of carbonyl (C=O) groups is 1. The van der Waals surface area contributed by atoms with Crippen LogP contribution in [0.3, 0.4) is 0 Å². The van der Waals surface area contributed by atoms with E-state index in [0.29, 0.717) is 36.8 Å². The van der Waals surface area contributed by atoms with Crippen molar-refractivity contribution in [2.75, 3.05) is 39.5 Å². The van der Waals surface area contributed by atoms with E-state index >= 15 is 0 Å². The molecule has 1 amide bonds. The topological polar surface area (TPSA) is 99.4 Å². The summed E-state index contributed by atoms with van der Waals surface area (Å²) in [6, 6.07) is 1.89. The molecule has 0 spiro atoms. The number of fused-ring (bicyclic) bond motifs is 1. The smallest absolute Gasteiger partial charge is 0.257 e. The van der Waals surface area contributed by atoms with Gasteiger partial charge >= 0.3 is 0 Å². The average Bonchev–Trinajstić information content (AvgIpc) is 2.92. The molecule has 0 radical (unpaired) electrons. The third-order valence-electron chi connectivity index (χ3n) is 4.32. The molecule has 1 aliphatic heterocycles. The summed E-state index contributed by atoms with van der Waals surface area (Å²) < 4.78 is 1.89. The van der Waals surface area contributed by atoms with E-state index in [-0.39, 0.29) is 5.91 Å². The number of aryl methyl sites for hydroxylation is 1. The molecular weight excluding hydrogens is 334 g/mol. The third-order valence-corrected chi connectivity index (χ3v) is 4.32. The first-order chi connectivity index (χ1) is 12.5. The summed E-state index contributed by atoms with van der Waals surface area (Å²) in [6.07, 6.45) is 3.24. The number of carbonyl (C=O) groups excluding carboxylic acids is 1. The summed E-state index contributed by atoms with van der Waals surface area (Å²) in [5.74, 6) is 0.382. The number of hydrogen-bond acceptors (Lipinski definition) is 7. The van der Waals surface area contributed by atoms with Crippen molar-refractivity contribution in [2.45, 2.75) is 25.6 Å². The van der Waals surface area contributed by atoms with Crippen LogP contribution in [0.2, 0.25) is 0 Å². The zero-order valence-corrected chi connectivity index (χ0v) is 15.4. The van der Waals surface area contributed by atoms with Gasteiger partial charge in [-0.15, -0.1) is 0 Å². The molecule has 0 saturated heterocycles. The zero-order chi connectivity index (χ0) is 18.7. The number of aromatic nitrogens is 4. The first kappa shape index (κ1) is 18.3. The van der Waals surface area contributed by atoms with Gasteiger partial charge in [-0.25, -0.2) is 9.97 Å². The van der Waals surface area contributed by atoms with Gasteiger partial charge in [-0.3, -0.25) is 9.48 Å². The Kier molecular flexibility index (Phi) is 5.48. The minimum absolute atomic E-state index is 0.0994. The second-order valence-corrected chi connectivity index (χ2v) is 6.69. The van der Waals surface area contributed by atoms with Gasteiger partial charge in [-0.2, -0.15) is 5.10 Å². The summed E-state index contributed by atoms with van der Waals surface area (Å²) >= 11 is 0. The first-order valence-electron chi connectivity index (χ1n) is 8.66. The molecule has 3 heterocycles. The molecule has 0 aromatic carbocycles. The number of hydrogen-bond donors (Lipinski definition) is 2. The van der Waals surface area contributed by atoms with Crippen LogP contribution in [0.25, 0.3) is 0 Å². The van der Waals surface area contributed by atoms with Crippen LogP contribution in [0.15, 0.2) is 18.5 Å². The molecule has 1 atom stereocenters. The summed E-state index contributed by atoms with van der Waals surface area (Å²) in [6.45, 7) is 2.33. The third kappa shape index (κ3) is 4.00. The Hall–Kier alpha value is -2.52. The van der Waals surface area contributed by atoms with Gasteiger partial charge < -0.3 is 20.2 Å². The monoisotopic (exact) mass is 359 g/mol. The van der Waals surface area contributed by atoms with E-state index in [1.165, 1.54) is 12.4 Å². The molecule has 0 saturated carbocycles. The van der Waals surface area contributed by atoms with Gasteiger partial charge in [0, 0.05) is 39.1 Å². The summed E-state index contributed by atoms with van der Waals surface area (Å²) in [5, 5.41) is 17.7. The predicted molar refractivity (Wildman–Crippen MR) is 96.7 cm³/mol. The van der Waals surface area contributed by atoms with Gasteiger partial charge in [0.05, 0.1) is 23.5 Å². The molecule has 2 aromatic heterocycles. The van der Waals surface area contributed by atoms with Crippen molar-refractivity contribution in [3.8, 4) is 0 Å². The second kappa shape index (κ2) is 7.79. The lowest BCUT2D eigenvalue weighted by molar-refractivity contribution is 0.0745. The summed E-state index contributed by atoms with van der Waals surface area (Å²) in [5.41, 5.74) is 2.03. The van der Waals surface area contributed by atoms with Crippen LogP contribution in [0.1, 0.15) is 34.3 Å². The molecule has 2 aromatic rings. The molecule has 140 valence electrons. The fraction of sp³-hybridized carbons (Fsp3) is 0.529. The van der Waals surface area contributed by atoms with Gasteiger partial charge in [0.1, 0.15) is 6.10 Å². The highest BCUT2D eigenvalue weighted by Gasteiger charge is 2.24. The lowest BCUT2D eigenvalue weighted by Gasteiger charge is -2.19. The van der Waals surface area contributed by atoms with Crippen LogP contribution < -0.4 is 5.32 Å². The molecule has 0 aliphatic carbocycles. The fourth-order valence-electron chi connectivity index (χ4n) is 3.01. The van der Waals surface area contributed by atoms with Crippen molar-refractivity contribution in [3.63, 3.8) is 0 Å². The molecule has 1 aliphatic rings. The van der Waals surface area contributed by atoms with E-state index in [1.54, 1.807) is 11.9 Å². The molecule has 26 heavy (non-hydrogen) atoms. The second-order valence-electron chi connectivity index (χ2n) is 6.69. The van der Waals surface area contributed by atoms with Gasteiger partial charge in [0.25, 0.3) is 5.91 Å². The summed E-state index contributed by atoms with van der Waals surface area (Å²) in [7, 11) is 5.55. The number of amides is 1. The van der Waals surface area contributed by atoms with Crippen molar-refractivity contribution < 1.29 is 9.90 Å². The van der Waals surface area contributed by atoms with E-state index < -0.39 is 6.10 Å². The van der Waals surface area contributed by atoms with Crippen LogP contribution in [0.5, 0.6) is 0 Å². The first-order valence-corrected chi connectivity index (χ1v) is 8.66. The maximum Gasteiger partial charge on any atom is 0.257 e. The number of likely N-dealkylation sites (N-methyl/N-ethyl adjacent to an activating group) is 1. The summed E-state index contributed by atoms with van der Waals surface area (Å²) in [4.78, 5) is 24.7. The van der Waals surface area contributed by atoms with E-state index in [2.05, 4.69) is 20.4 Å². The van der Waals surface area contributed by atoms with Crippen LogP contribution in [0, 0.1) is 0 Å². The number of nitrogens with one attached hydrogen (secondary N) is 1. The quantitative estimate of drug-likeness (QED) is 0.795. The van der Waals surface area contributed by atoms with Crippen molar-refractivity contribution in [1.82, 2.24) is 29.5 Å². The van der Waals surface area contributed by atoms with Gasteiger partial charge in [-0.05, 0) is 26.6 Å². The van der Waals surface area contributed by atoms with E-state index in [0.717, 1.165) is 18.7 Å².